The molecule has 2 amide bonds. The molecule has 1 heterocycles. The molecule has 2 rings (SSSR count). The van der Waals surface area contributed by atoms with Crippen LogP contribution < -0.4 is 5.32 Å². The number of rotatable bonds is 3. The van der Waals surface area contributed by atoms with E-state index in [2.05, 4.69) is 5.32 Å². The van der Waals surface area contributed by atoms with Crippen molar-refractivity contribution in [3.8, 4) is 0 Å². The lowest BCUT2D eigenvalue weighted by molar-refractivity contribution is -0.141. The SMILES string of the molecule is O=C(O)C1CCC(NC(=O)N2CCC(CO)CC2)C1. The highest BCUT2D eigenvalue weighted by atomic mass is 16.4. The first-order valence-electron chi connectivity index (χ1n) is 6.99. The first kappa shape index (κ1) is 14.1. The predicted octanol–water partition coefficient (Wildman–Crippen LogP) is 0.654. The standard InChI is InChI=1S/C13H22N2O4/c16-8-9-3-5-15(6-4-9)13(19)14-11-2-1-10(7-11)12(17)18/h9-11,16H,1-8H2,(H,14,19)(H,17,18). The third kappa shape index (κ3) is 3.59. The van der Waals surface area contributed by atoms with E-state index in [0.717, 1.165) is 19.3 Å². The summed E-state index contributed by atoms with van der Waals surface area (Å²) >= 11 is 0. The van der Waals surface area contributed by atoms with Gasteiger partial charge in [0, 0.05) is 25.7 Å². The summed E-state index contributed by atoms with van der Waals surface area (Å²) in [4.78, 5) is 24.7. The number of aliphatic carboxylic acids is 1. The van der Waals surface area contributed by atoms with Gasteiger partial charge in [0.05, 0.1) is 5.92 Å². The molecule has 1 saturated carbocycles. The zero-order chi connectivity index (χ0) is 13.8. The van der Waals surface area contributed by atoms with E-state index in [9.17, 15) is 9.59 Å². The molecule has 2 fully saturated rings. The van der Waals surface area contributed by atoms with Crippen molar-refractivity contribution in [3.63, 3.8) is 0 Å². The van der Waals surface area contributed by atoms with Gasteiger partial charge in [0.2, 0.25) is 0 Å². The quantitative estimate of drug-likeness (QED) is 0.702. The maximum absolute atomic E-state index is 12.0. The van der Waals surface area contributed by atoms with Gasteiger partial charge in [-0.1, -0.05) is 0 Å². The Morgan fingerprint density at radius 1 is 1.16 bits per heavy atom. The highest BCUT2D eigenvalue weighted by molar-refractivity contribution is 5.75. The number of nitrogens with one attached hydrogen (secondary N) is 1. The number of piperidine rings is 1. The Morgan fingerprint density at radius 3 is 2.37 bits per heavy atom. The zero-order valence-electron chi connectivity index (χ0n) is 11.0. The Balaban J connectivity index is 1.75. The first-order chi connectivity index (χ1) is 9.10. The van der Waals surface area contributed by atoms with E-state index < -0.39 is 5.97 Å². The van der Waals surface area contributed by atoms with Crippen molar-refractivity contribution in [1.82, 2.24) is 10.2 Å². The molecule has 1 aliphatic heterocycles. The number of urea groups is 1. The normalized spacial score (nSPS) is 28.4. The van der Waals surface area contributed by atoms with Crippen LogP contribution >= 0.6 is 0 Å². The minimum Gasteiger partial charge on any atom is -0.481 e. The van der Waals surface area contributed by atoms with Gasteiger partial charge in [-0.3, -0.25) is 4.79 Å². The van der Waals surface area contributed by atoms with Gasteiger partial charge in [-0.05, 0) is 38.0 Å². The number of likely N-dealkylation sites (tertiary alicyclic amines) is 1. The fourth-order valence-electron chi connectivity index (χ4n) is 2.92. The van der Waals surface area contributed by atoms with Crippen molar-refractivity contribution in [1.29, 1.82) is 0 Å². The summed E-state index contributed by atoms with van der Waals surface area (Å²) < 4.78 is 0. The van der Waals surface area contributed by atoms with Crippen molar-refractivity contribution < 1.29 is 19.8 Å². The van der Waals surface area contributed by atoms with Crippen LogP contribution in [0.1, 0.15) is 32.1 Å². The van der Waals surface area contributed by atoms with Crippen LogP contribution in [0.15, 0.2) is 0 Å². The molecule has 2 aliphatic rings. The number of carboxylic acids is 1. The molecule has 0 spiro atoms. The van der Waals surface area contributed by atoms with Crippen molar-refractivity contribution in [2.45, 2.75) is 38.1 Å². The largest absolute Gasteiger partial charge is 0.481 e. The van der Waals surface area contributed by atoms with Crippen molar-refractivity contribution >= 4 is 12.0 Å². The fraction of sp³-hybridized carbons (Fsp3) is 0.846. The summed E-state index contributed by atoms with van der Waals surface area (Å²) in [5.74, 6) is -0.766. The Bertz CT molecular complexity index is 340. The van der Waals surface area contributed by atoms with E-state index in [1.54, 1.807) is 4.90 Å². The van der Waals surface area contributed by atoms with Crippen LogP contribution in [0.2, 0.25) is 0 Å². The highest BCUT2D eigenvalue weighted by Crippen LogP contribution is 2.26. The molecule has 0 bridgehead atoms. The maximum atomic E-state index is 12.0. The van der Waals surface area contributed by atoms with Gasteiger partial charge in [0.25, 0.3) is 0 Å². The van der Waals surface area contributed by atoms with Crippen LogP contribution in [0, 0.1) is 11.8 Å². The van der Waals surface area contributed by atoms with Crippen LogP contribution in [0.25, 0.3) is 0 Å². The van der Waals surface area contributed by atoms with Gasteiger partial charge in [-0.25, -0.2) is 4.79 Å². The summed E-state index contributed by atoms with van der Waals surface area (Å²) in [6, 6.07) is -0.100. The molecule has 1 saturated heterocycles. The number of aliphatic hydroxyl groups is 1. The summed E-state index contributed by atoms with van der Waals surface area (Å²) in [6.45, 7) is 1.54. The number of carbonyl (C=O) groups excluding carboxylic acids is 1. The van der Waals surface area contributed by atoms with E-state index in [1.165, 1.54) is 0 Å². The first-order valence-corrected chi connectivity index (χ1v) is 6.99. The zero-order valence-corrected chi connectivity index (χ0v) is 11.0. The van der Waals surface area contributed by atoms with Gasteiger partial charge in [-0.15, -0.1) is 0 Å². The Labute approximate surface area is 112 Å². The number of carboxylic acid groups (broad SMARTS) is 1. The monoisotopic (exact) mass is 270 g/mol. The van der Waals surface area contributed by atoms with Gasteiger partial charge in [-0.2, -0.15) is 0 Å². The molecule has 6 nitrogen and oxygen atoms in total. The lowest BCUT2D eigenvalue weighted by Crippen LogP contribution is -2.47. The Morgan fingerprint density at radius 2 is 1.84 bits per heavy atom. The number of hydrogen-bond acceptors (Lipinski definition) is 3. The number of nitrogens with zero attached hydrogens (tertiary/aromatic N) is 1. The summed E-state index contributed by atoms with van der Waals surface area (Å²) in [7, 11) is 0. The smallest absolute Gasteiger partial charge is 0.317 e. The van der Waals surface area contributed by atoms with E-state index in [-0.39, 0.29) is 24.6 Å². The molecule has 0 aromatic heterocycles. The fourth-order valence-corrected chi connectivity index (χ4v) is 2.92. The molecule has 2 unspecified atom stereocenters. The summed E-state index contributed by atoms with van der Waals surface area (Å²) in [6.07, 6.45) is 3.61. The molecule has 1 aliphatic carbocycles. The van der Waals surface area contributed by atoms with Crippen LogP contribution in [0.5, 0.6) is 0 Å². The summed E-state index contributed by atoms with van der Waals surface area (Å²) in [5, 5.41) is 20.9. The Kier molecular flexibility index (Phi) is 4.63. The third-order valence-electron chi connectivity index (χ3n) is 4.27. The van der Waals surface area contributed by atoms with Gasteiger partial charge in [0.1, 0.15) is 0 Å². The van der Waals surface area contributed by atoms with Gasteiger partial charge in [0.15, 0.2) is 0 Å². The lowest BCUT2D eigenvalue weighted by atomic mass is 9.98. The molecule has 3 N–H and O–H groups in total. The average molecular weight is 270 g/mol. The van der Waals surface area contributed by atoms with Gasteiger partial charge < -0.3 is 20.4 Å². The van der Waals surface area contributed by atoms with Crippen LogP contribution in [0.3, 0.4) is 0 Å². The highest BCUT2D eigenvalue weighted by Gasteiger charge is 2.32. The van der Waals surface area contributed by atoms with Gasteiger partial charge >= 0.3 is 12.0 Å². The van der Waals surface area contributed by atoms with Crippen molar-refractivity contribution in [2.24, 2.45) is 11.8 Å². The predicted molar refractivity (Wildman–Crippen MR) is 68.7 cm³/mol. The van der Waals surface area contributed by atoms with Crippen LogP contribution in [-0.2, 0) is 4.79 Å². The van der Waals surface area contributed by atoms with Crippen LogP contribution in [-0.4, -0.2) is 52.9 Å². The molecule has 0 aromatic rings. The second-order valence-electron chi connectivity index (χ2n) is 5.61. The minimum absolute atomic E-state index is 0.0100. The van der Waals surface area contributed by atoms with Crippen LogP contribution in [0.4, 0.5) is 4.79 Å². The van der Waals surface area contributed by atoms with E-state index >= 15 is 0 Å². The molecular weight excluding hydrogens is 248 g/mol. The number of hydrogen-bond donors (Lipinski definition) is 3. The molecular formula is C13H22N2O4. The number of amides is 2. The molecule has 6 heteroatoms. The van der Waals surface area contributed by atoms with Crippen molar-refractivity contribution in [3.05, 3.63) is 0 Å². The van der Waals surface area contributed by atoms with E-state index in [1.807, 2.05) is 0 Å². The molecule has 108 valence electrons. The van der Waals surface area contributed by atoms with E-state index in [4.69, 9.17) is 10.2 Å². The maximum Gasteiger partial charge on any atom is 0.317 e. The number of carbonyl (C=O) groups is 2. The Hall–Kier alpha value is -1.30. The molecule has 0 radical (unpaired) electrons. The summed E-state index contributed by atoms with van der Waals surface area (Å²) in [5.41, 5.74) is 0. The molecule has 2 atom stereocenters. The second kappa shape index (κ2) is 6.23. The molecule has 0 aromatic carbocycles. The second-order valence-corrected chi connectivity index (χ2v) is 5.61. The number of aliphatic hydroxyl groups excluding tert-OH is 1. The lowest BCUT2D eigenvalue weighted by Gasteiger charge is -2.32. The molecule has 19 heavy (non-hydrogen) atoms. The minimum atomic E-state index is -0.763. The van der Waals surface area contributed by atoms with E-state index in [0.29, 0.717) is 31.8 Å². The third-order valence-corrected chi connectivity index (χ3v) is 4.27. The average Bonchev–Trinajstić information content (AvgIpc) is 2.87. The van der Waals surface area contributed by atoms with Crippen molar-refractivity contribution in [2.75, 3.05) is 19.7 Å². The topological polar surface area (TPSA) is 89.9 Å².